The van der Waals surface area contributed by atoms with Crippen molar-refractivity contribution in [3.63, 3.8) is 0 Å². The molecule has 0 atom stereocenters. The fourth-order valence-electron chi connectivity index (χ4n) is 3.28. The maximum atomic E-state index is 12.4. The smallest absolute Gasteiger partial charge is 0.305 e. The Kier molecular flexibility index (Phi) is 10.1. The number of Topliss-reactive ketones (excluding diaryl/α,β-unsaturated/α-hetero) is 1. The highest BCUT2D eigenvalue weighted by Crippen LogP contribution is 2.17. The van der Waals surface area contributed by atoms with Crippen LogP contribution in [0.1, 0.15) is 29.6 Å². The van der Waals surface area contributed by atoms with Crippen LogP contribution < -0.4 is 9.80 Å². The molecule has 2 aromatic heterocycles. The number of azide groups is 1. The van der Waals surface area contributed by atoms with E-state index in [9.17, 15) is 9.59 Å². The number of aromatic nitrogens is 4. The van der Waals surface area contributed by atoms with Gasteiger partial charge in [-0.2, -0.15) is 0 Å². The molecule has 1 aliphatic rings. The molecule has 2 aromatic rings. The lowest BCUT2D eigenvalue weighted by atomic mass is 10.1. The summed E-state index contributed by atoms with van der Waals surface area (Å²) >= 11 is 0. The molecule has 3 heterocycles. The summed E-state index contributed by atoms with van der Waals surface area (Å²) in [7, 11) is 0. The van der Waals surface area contributed by atoms with Gasteiger partial charge in [-0.3, -0.25) is 9.59 Å². The van der Waals surface area contributed by atoms with Crippen LogP contribution in [0.15, 0.2) is 29.9 Å². The number of hydrogen-bond donors (Lipinski definition) is 1. The van der Waals surface area contributed by atoms with E-state index in [4.69, 9.17) is 20.1 Å². The van der Waals surface area contributed by atoms with Gasteiger partial charge in [0, 0.05) is 68.9 Å². The molecule has 1 fully saturated rings. The SMILES string of the molecule is [N-]=[N+]=Nc1cnc(N2CCN(c3ncc(C(=O)CCCOCCOCCC(=O)O)cn3)CC2)nc1. The molecule has 0 spiro atoms. The number of nitrogens with zero attached hydrogens (tertiary/aromatic N) is 9. The van der Waals surface area contributed by atoms with Crippen molar-refractivity contribution in [1.82, 2.24) is 19.9 Å². The Balaban J connectivity index is 1.35. The number of hydrogen-bond acceptors (Lipinski definition) is 11. The van der Waals surface area contributed by atoms with Gasteiger partial charge in [-0.25, -0.2) is 19.9 Å². The maximum Gasteiger partial charge on any atom is 0.305 e. The molecule has 1 aliphatic heterocycles. The summed E-state index contributed by atoms with van der Waals surface area (Å²) < 4.78 is 10.5. The molecule has 0 aliphatic carbocycles. The van der Waals surface area contributed by atoms with Crippen molar-refractivity contribution in [2.45, 2.75) is 19.3 Å². The van der Waals surface area contributed by atoms with Gasteiger partial charge < -0.3 is 24.4 Å². The van der Waals surface area contributed by atoms with Crippen molar-refractivity contribution in [3.8, 4) is 0 Å². The minimum Gasteiger partial charge on any atom is -0.481 e. The standard InChI is InChI=1S/C21H27N9O5/c22-28-27-17-14-25-21(26-15-17)30-6-4-29(5-7-30)20-23-12-16(13-24-20)18(31)2-1-8-34-10-11-35-9-3-19(32)33/h12-15H,1-11H2,(H,32,33). The first-order valence-corrected chi connectivity index (χ1v) is 11.2. The van der Waals surface area contributed by atoms with Gasteiger partial charge in [-0.1, -0.05) is 5.11 Å². The zero-order valence-electron chi connectivity index (χ0n) is 19.2. The average Bonchev–Trinajstić information content (AvgIpc) is 2.88. The number of piperazine rings is 1. The Hall–Kier alpha value is -3.87. The Morgan fingerprint density at radius 2 is 1.43 bits per heavy atom. The Morgan fingerprint density at radius 3 is 1.97 bits per heavy atom. The molecule has 3 rings (SSSR count). The van der Waals surface area contributed by atoms with E-state index in [1.165, 1.54) is 12.4 Å². The molecule has 0 saturated carbocycles. The zero-order valence-corrected chi connectivity index (χ0v) is 19.2. The lowest BCUT2D eigenvalue weighted by Gasteiger charge is -2.34. The Bertz CT molecular complexity index is 1000. The average molecular weight is 486 g/mol. The molecule has 0 unspecified atom stereocenters. The van der Waals surface area contributed by atoms with E-state index in [0.717, 1.165) is 0 Å². The topological polar surface area (TPSA) is 180 Å². The second-order valence-corrected chi connectivity index (χ2v) is 7.57. The molecule has 0 radical (unpaired) electrons. The van der Waals surface area contributed by atoms with Crippen molar-refractivity contribution in [2.75, 3.05) is 62.4 Å². The van der Waals surface area contributed by atoms with Crippen molar-refractivity contribution < 1.29 is 24.2 Å². The highest BCUT2D eigenvalue weighted by atomic mass is 16.5. The molecule has 0 amide bonds. The van der Waals surface area contributed by atoms with Crippen LogP contribution in [-0.4, -0.2) is 89.4 Å². The number of carboxylic acids is 1. The van der Waals surface area contributed by atoms with Crippen LogP contribution in [0.2, 0.25) is 0 Å². The summed E-state index contributed by atoms with van der Waals surface area (Å²) in [5, 5.41) is 12.0. The molecule has 0 aromatic carbocycles. The summed E-state index contributed by atoms with van der Waals surface area (Å²) in [5.41, 5.74) is 9.28. The number of anilines is 2. The van der Waals surface area contributed by atoms with E-state index in [0.29, 0.717) is 82.0 Å². The van der Waals surface area contributed by atoms with E-state index in [1.54, 1.807) is 12.4 Å². The summed E-state index contributed by atoms with van der Waals surface area (Å²) in [5.74, 6) is 0.181. The fraction of sp³-hybridized carbons (Fsp3) is 0.524. The van der Waals surface area contributed by atoms with Crippen molar-refractivity contribution in [2.24, 2.45) is 5.11 Å². The van der Waals surface area contributed by atoms with Gasteiger partial charge in [0.2, 0.25) is 11.9 Å². The number of carboxylic acid groups (broad SMARTS) is 1. The first-order chi connectivity index (χ1) is 17.1. The quantitative estimate of drug-likeness (QED) is 0.136. The monoisotopic (exact) mass is 485 g/mol. The fourth-order valence-corrected chi connectivity index (χ4v) is 3.28. The van der Waals surface area contributed by atoms with Gasteiger partial charge in [0.05, 0.1) is 37.5 Å². The molecule has 14 heteroatoms. The summed E-state index contributed by atoms with van der Waals surface area (Å²) in [6, 6.07) is 0. The molecule has 1 saturated heterocycles. The highest BCUT2D eigenvalue weighted by Gasteiger charge is 2.21. The second kappa shape index (κ2) is 13.7. The van der Waals surface area contributed by atoms with Crippen LogP contribution in [0.4, 0.5) is 17.6 Å². The number of carbonyl (C=O) groups is 2. The lowest BCUT2D eigenvalue weighted by Crippen LogP contribution is -2.47. The number of ether oxygens (including phenoxy) is 2. The predicted molar refractivity (Wildman–Crippen MR) is 125 cm³/mol. The molecule has 0 bridgehead atoms. The largest absolute Gasteiger partial charge is 0.481 e. The van der Waals surface area contributed by atoms with Gasteiger partial charge in [-0.05, 0) is 12.0 Å². The summed E-state index contributed by atoms with van der Waals surface area (Å²) in [6.07, 6.45) is 6.91. The number of ketones is 1. The van der Waals surface area contributed by atoms with Gasteiger partial charge in [0.1, 0.15) is 0 Å². The van der Waals surface area contributed by atoms with E-state index >= 15 is 0 Å². The van der Waals surface area contributed by atoms with Crippen molar-refractivity contribution in [3.05, 3.63) is 40.8 Å². The molecule has 1 N–H and O–H groups in total. The zero-order chi connectivity index (χ0) is 24.9. The minimum atomic E-state index is -0.897. The Morgan fingerprint density at radius 1 is 0.886 bits per heavy atom. The van der Waals surface area contributed by atoms with E-state index in [1.807, 2.05) is 9.80 Å². The third-order valence-electron chi connectivity index (χ3n) is 5.12. The van der Waals surface area contributed by atoms with Crippen LogP contribution in [0, 0.1) is 0 Å². The third-order valence-corrected chi connectivity index (χ3v) is 5.12. The Labute approximate surface area is 201 Å². The highest BCUT2D eigenvalue weighted by molar-refractivity contribution is 5.95. The lowest BCUT2D eigenvalue weighted by molar-refractivity contribution is -0.138. The molecule has 186 valence electrons. The summed E-state index contributed by atoms with van der Waals surface area (Å²) in [6.45, 7) is 3.94. The van der Waals surface area contributed by atoms with Gasteiger partial charge in [-0.15, -0.1) is 0 Å². The maximum absolute atomic E-state index is 12.4. The molecular weight excluding hydrogens is 458 g/mol. The van der Waals surface area contributed by atoms with Crippen LogP contribution >= 0.6 is 0 Å². The second-order valence-electron chi connectivity index (χ2n) is 7.57. The number of aliphatic carboxylic acids is 1. The first-order valence-electron chi connectivity index (χ1n) is 11.2. The van der Waals surface area contributed by atoms with Crippen LogP contribution in [0.25, 0.3) is 10.4 Å². The normalized spacial score (nSPS) is 13.4. The van der Waals surface area contributed by atoms with E-state index < -0.39 is 5.97 Å². The van der Waals surface area contributed by atoms with Crippen LogP contribution in [0.3, 0.4) is 0 Å². The predicted octanol–water partition coefficient (Wildman–Crippen LogP) is 2.01. The van der Waals surface area contributed by atoms with Gasteiger partial charge in [0.25, 0.3) is 0 Å². The van der Waals surface area contributed by atoms with Gasteiger partial charge >= 0.3 is 5.97 Å². The minimum absolute atomic E-state index is 0.0316. The van der Waals surface area contributed by atoms with E-state index in [2.05, 4.69) is 30.0 Å². The van der Waals surface area contributed by atoms with Crippen molar-refractivity contribution in [1.29, 1.82) is 0 Å². The van der Waals surface area contributed by atoms with Crippen molar-refractivity contribution >= 4 is 29.3 Å². The number of carbonyl (C=O) groups excluding carboxylic acids is 1. The first kappa shape index (κ1) is 25.7. The third kappa shape index (κ3) is 8.45. The van der Waals surface area contributed by atoms with Crippen LogP contribution in [-0.2, 0) is 14.3 Å². The molecular formula is C21H27N9O5. The summed E-state index contributed by atoms with van der Waals surface area (Å²) in [4.78, 5) is 46.7. The molecule has 14 nitrogen and oxygen atoms in total. The van der Waals surface area contributed by atoms with Gasteiger partial charge in [0.15, 0.2) is 5.78 Å². The number of rotatable bonds is 14. The van der Waals surface area contributed by atoms with E-state index in [-0.39, 0.29) is 18.8 Å². The molecule has 35 heavy (non-hydrogen) atoms. The van der Waals surface area contributed by atoms with Crippen LogP contribution in [0.5, 0.6) is 0 Å².